The van der Waals surface area contributed by atoms with Gasteiger partial charge in [-0.25, -0.2) is 0 Å². The molecule has 1 aromatic heterocycles. The second kappa shape index (κ2) is 6.91. The third-order valence-corrected chi connectivity index (χ3v) is 3.94. The molecule has 0 aliphatic rings. The van der Waals surface area contributed by atoms with Crippen molar-refractivity contribution in [3.05, 3.63) is 52.3 Å². The van der Waals surface area contributed by atoms with Gasteiger partial charge in [0.1, 0.15) is 0 Å². The van der Waals surface area contributed by atoms with Crippen molar-refractivity contribution < 1.29 is 0 Å². The number of halogens is 1. The number of aromatic nitrogens is 2. The summed E-state index contributed by atoms with van der Waals surface area (Å²) in [5, 5.41) is 8.59. The number of nitrogens with zero attached hydrogens (tertiary/aromatic N) is 2. The molecule has 20 heavy (non-hydrogen) atoms. The van der Waals surface area contributed by atoms with Crippen molar-refractivity contribution >= 4 is 11.6 Å². The van der Waals surface area contributed by atoms with Crippen molar-refractivity contribution in [1.29, 1.82) is 0 Å². The topological polar surface area (TPSA) is 29.9 Å². The lowest BCUT2D eigenvalue weighted by Gasteiger charge is -2.18. The zero-order valence-electron chi connectivity index (χ0n) is 12.4. The predicted molar refractivity (Wildman–Crippen MR) is 84.1 cm³/mol. The van der Waals surface area contributed by atoms with E-state index in [1.165, 1.54) is 11.1 Å². The van der Waals surface area contributed by atoms with Gasteiger partial charge in [0.25, 0.3) is 0 Å². The van der Waals surface area contributed by atoms with Gasteiger partial charge in [0.15, 0.2) is 0 Å². The number of aryl methyl sites for hydroxylation is 3. The molecule has 1 aromatic carbocycles. The summed E-state index contributed by atoms with van der Waals surface area (Å²) in [4.78, 5) is 0. The Bertz CT molecular complexity index is 563. The molecule has 0 aliphatic carbocycles. The average Bonchev–Trinajstić information content (AvgIpc) is 2.84. The molecular formula is C16H22ClN3. The molecular weight excluding hydrogens is 270 g/mol. The molecule has 2 aromatic rings. The first-order valence-corrected chi connectivity index (χ1v) is 7.45. The summed E-state index contributed by atoms with van der Waals surface area (Å²) in [7, 11) is 1.95. The molecule has 0 aliphatic heterocycles. The molecule has 0 saturated heterocycles. The van der Waals surface area contributed by atoms with Crippen molar-refractivity contribution in [2.75, 3.05) is 6.54 Å². The predicted octanol–water partition coefficient (Wildman–Crippen LogP) is 3.67. The first-order valence-electron chi connectivity index (χ1n) is 7.07. The van der Waals surface area contributed by atoms with Crippen LogP contribution in [-0.2, 0) is 13.5 Å². The molecule has 4 heteroatoms. The maximum absolute atomic E-state index is 6.24. The normalized spacial score (nSPS) is 12.6. The van der Waals surface area contributed by atoms with Crippen molar-refractivity contribution in [2.45, 2.75) is 32.7 Å². The van der Waals surface area contributed by atoms with Crippen LogP contribution in [0.2, 0.25) is 5.02 Å². The van der Waals surface area contributed by atoms with Crippen LogP contribution in [-0.4, -0.2) is 16.3 Å². The van der Waals surface area contributed by atoms with Crippen molar-refractivity contribution in [3.8, 4) is 0 Å². The highest BCUT2D eigenvalue weighted by Crippen LogP contribution is 2.24. The van der Waals surface area contributed by atoms with Gasteiger partial charge in [0.05, 0.1) is 6.20 Å². The Hall–Kier alpha value is -1.32. The highest BCUT2D eigenvalue weighted by molar-refractivity contribution is 6.31. The first kappa shape index (κ1) is 15.1. The van der Waals surface area contributed by atoms with Gasteiger partial charge < -0.3 is 5.32 Å². The zero-order valence-corrected chi connectivity index (χ0v) is 13.1. The quantitative estimate of drug-likeness (QED) is 0.880. The Morgan fingerprint density at radius 2 is 2.20 bits per heavy atom. The summed E-state index contributed by atoms with van der Waals surface area (Å²) in [5.41, 5.74) is 3.65. The summed E-state index contributed by atoms with van der Waals surface area (Å²) < 4.78 is 1.85. The maximum atomic E-state index is 6.24. The molecule has 1 N–H and O–H groups in total. The minimum Gasteiger partial charge on any atom is -0.310 e. The van der Waals surface area contributed by atoms with E-state index < -0.39 is 0 Å². The summed E-state index contributed by atoms with van der Waals surface area (Å²) in [5.74, 6) is 0. The molecule has 1 atom stereocenters. The lowest BCUT2D eigenvalue weighted by molar-refractivity contribution is 0.515. The van der Waals surface area contributed by atoms with E-state index in [1.54, 1.807) is 0 Å². The SMILES string of the molecule is CCNC(CCc1cnn(C)c1)c1ccc(C)c(Cl)c1. The summed E-state index contributed by atoms with van der Waals surface area (Å²) >= 11 is 6.24. The number of rotatable bonds is 6. The molecule has 3 nitrogen and oxygen atoms in total. The zero-order chi connectivity index (χ0) is 14.5. The molecule has 0 spiro atoms. The molecule has 0 saturated carbocycles. The minimum absolute atomic E-state index is 0.332. The van der Waals surface area contributed by atoms with Crippen LogP contribution in [0.4, 0.5) is 0 Å². The van der Waals surface area contributed by atoms with Crippen LogP contribution in [0.25, 0.3) is 0 Å². The minimum atomic E-state index is 0.332. The average molecular weight is 292 g/mol. The summed E-state index contributed by atoms with van der Waals surface area (Å²) in [6, 6.07) is 6.66. The Balaban J connectivity index is 2.07. The van der Waals surface area contributed by atoms with Crippen LogP contribution in [0.3, 0.4) is 0 Å². The molecule has 0 fully saturated rings. The molecule has 1 heterocycles. The maximum Gasteiger partial charge on any atom is 0.0521 e. The second-order valence-corrected chi connectivity index (χ2v) is 5.59. The van der Waals surface area contributed by atoms with Gasteiger partial charge in [-0.1, -0.05) is 30.7 Å². The van der Waals surface area contributed by atoms with E-state index in [-0.39, 0.29) is 0 Å². The van der Waals surface area contributed by atoms with Gasteiger partial charge in [0.2, 0.25) is 0 Å². The number of nitrogens with one attached hydrogen (secondary N) is 1. The third kappa shape index (κ3) is 3.84. The second-order valence-electron chi connectivity index (χ2n) is 5.18. The van der Waals surface area contributed by atoms with Crippen LogP contribution in [0.15, 0.2) is 30.6 Å². The van der Waals surface area contributed by atoms with E-state index in [9.17, 15) is 0 Å². The lowest BCUT2D eigenvalue weighted by Crippen LogP contribution is -2.21. The van der Waals surface area contributed by atoms with E-state index in [4.69, 9.17) is 11.6 Å². The van der Waals surface area contributed by atoms with Gasteiger partial charge in [0, 0.05) is 24.3 Å². The summed E-state index contributed by atoms with van der Waals surface area (Å²) in [6.45, 7) is 5.11. The molecule has 0 amide bonds. The van der Waals surface area contributed by atoms with E-state index in [0.717, 1.165) is 30.0 Å². The van der Waals surface area contributed by atoms with Crippen LogP contribution >= 0.6 is 11.6 Å². The van der Waals surface area contributed by atoms with Crippen LogP contribution in [0.5, 0.6) is 0 Å². The van der Waals surface area contributed by atoms with Gasteiger partial charge >= 0.3 is 0 Å². The fourth-order valence-electron chi connectivity index (χ4n) is 2.37. The highest BCUT2D eigenvalue weighted by atomic mass is 35.5. The van der Waals surface area contributed by atoms with Crippen molar-refractivity contribution in [2.24, 2.45) is 7.05 Å². The Morgan fingerprint density at radius 3 is 2.80 bits per heavy atom. The number of benzene rings is 1. The van der Waals surface area contributed by atoms with Gasteiger partial charge in [-0.2, -0.15) is 5.10 Å². The number of hydrogen-bond donors (Lipinski definition) is 1. The largest absolute Gasteiger partial charge is 0.310 e. The Morgan fingerprint density at radius 1 is 1.40 bits per heavy atom. The molecule has 108 valence electrons. The lowest BCUT2D eigenvalue weighted by atomic mass is 9.99. The van der Waals surface area contributed by atoms with Crippen LogP contribution < -0.4 is 5.32 Å². The standard InChI is InChI=1S/C16H22ClN3/c1-4-18-16(8-6-13-10-19-20(3)11-13)14-7-5-12(2)15(17)9-14/h5,7,9-11,16,18H,4,6,8H2,1-3H3. The van der Waals surface area contributed by atoms with Gasteiger partial charge in [-0.05, 0) is 49.1 Å². The van der Waals surface area contributed by atoms with E-state index in [2.05, 4.69) is 41.7 Å². The van der Waals surface area contributed by atoms with E-state index in [1.807, 2.05) is 24.9 Å². The first-order chi connectivity index (χ1) is 9.60. The van der Waals surface area contributed by atoms with E-state index in [0.29, 0.717) is 6.04 Å². The third-order valence-electron chi connectivity index (χ3n) is 3.53. The van der Waals surface area contributed by atoms with Crippen LogP contribution in [0.1, 0.15) is 36.1 Å². The van der Waals surface area contributed by atoms with Crippen LogP contribution in [0, 0.1) is 6.92 Å². The Labute approximate surface area is 126 Å². The molecule has 1 unspecified atom stereocenters. The smallest absolute Gasteiger partial charge is 0.0521 e. The van der Waals surface area contributed by atoms with Crippen molar-refractivity contribution in [3.63, 3.8) is 0 Å². The van der Waals surface area contributed by atoms with Gasteiger partial charge in [-0.15, -0.1) is 0 Å². The fraction of sp³-hybridized carbons (Fsp3) is 0.438. The fourth-order valence-corrected chi connectivity index (χ4v) is 2.56. The molecule has 0 bridgehead atoms. The van der Waals surface area contributed by atoms with E-state index >= 15 is 0 Å². The Kier molecular flexibility index (Phi) is 5.21. The molecule has 2 rings (SSSR count). The monoisotopic (exact) mass is 291 g/mol. The van der Waals surface area contributed by atoms with Gasteiger partial charge in [-0.3, -0.25) is 4.68 Å². The number of hydrogen-bond acceptors (Lipinski definition) is 2. The van der Waals surface area contributed by atoms with Crippen molar-refractivity contribution in [1.82, 2.24) is 15.1 Å². The summed E-state index contributed by atoms with van der Waals surface area (Å²) in [6.07, 6.45) is 6.06. The molecule has 0 radical (unpaired) electrons. The highest BCUT2D eigenvalue weighted by Gasteiger charge is 2.12.